The van der Waals surface area contributed by atoms with E-state index in [9.17, 15) is 0 Å². The molecule has 0 fully saturated rings. The number of aromatic amines is 2. The Morgan fingerprint density at radius 1 is 0.560 bits per heavy atom. The summed E-state index contributed by atoms with van der Waals surface area (Å²) in [5, 5.41) is 14.5. The topological polar surface area (TPSA) is 83.1 Å². The molecule has 25 heavy (non-hydrogen) atoms. The molecule has 6 heteroatoms. The fourth-order valence-corrected chi connectivity index (χ4v) is 2.71. The van der Waals surface area contributed by atoms with Gasteiger partial charge in [0.05, 0.1) is 6.42 Å². The van der Waals surface area contributed by atoms with Crippen molar-refractivity contribution < 1.29 is 0 Å². The third kappa shape index (κ3) is 3.98. The second-order valence-electron chi connectivity index (χ2n) is 5.90. The number of hydrogen-bond donors (Lipinski definition) is 2. The van der Waals surface area contributed by atoms with Crippen LogP contribution in [-0.2, 0) is 19.3 Å². The number of nitrogens with zero attached hydrogens (tertiary/aromatic N) is 4. The fraction of sp³-hybridized carbons (Fsp3) is 0.158. The normalized spacial score (nSPS) is 10.9. The lowest BCUT2D eigenvalue weighted by Crippen LogP contribution is -1.95. The first-order valence-electron chi connectivity index (χ1n) is 8.23. The van der Waals surface area contributed by atoms with Gasteiger partial charge in [-0.2, -0.15) is 10.2 Å². The van der Waals surface area contributed by atoms with Gasteiger partial charge < -0.3 is 0 Å². The molecule has 0 atom stereocenters. The van der Waals surface area contributed by atoms with Gasteiger partial charge >= 0.3 is 0 Å². The predicted molar refractivity (Wildman–Crippen MR) is 94.1 cm³/mol. The first-order valence-corrected chi connectivity index (χ1v) is 8.23. The first kappa shape index (κ1) is 15.3. The number of rotatable bonds is 6. The van der Waals surface area contributed by atoms with Crippen molar-refractivity contribution in [2.45, 2.75) is 19.3 Å². The lowest BCUT2D eigenvalue weighted by molar-refractivity contribution is 0.899. The van der Waals surface area contributed by atoms with Gasteiger partial charge in [-0.25, -0.2) is 9.97 Å². The summed E-state index contributed by atoms with van der Waals surface area (Å²) in [6.45, 7) is 0. The largest absolute Gasteiger partial charge is 0.263 e. The van der Waals surface area contributed by atoms with Crippen molar-refractivity contribution in [2.75, 3.05) is 0 Å². The van der Waals surface area contributed by atoms with E-state index in [1.54, 1.807) is 0 Å². The average Bonchev–Trinajstić information content (AvgIpc) is 3.27. The Morgan fingerprint density at radius 3 is 1.44 bits per heavy atom. The molecule has 0 aliphatic carbocycles. The summed E-state index contributed by atoms with van der Waals surface area (Å²) in [5.74, 6) is 3.11. The van der Waals surface area contributed by atoms with E-state index in [1.165, 1.54) is 11.1 Å². The van der Waals surface area contributed by atoms with Gasteiger partial charge in [-0.3, -0.25) is 10.2 Å². The molecule has 2 aromatic carbocycles. The van der Waals surface area contributed by atoms with Crippen LogP contribution in [0.15, 0.2) is 60.7 Å². The van der Waals surface area contributed by atoms with Crippen molar-refractivity contribution in [2.24, 2.45) is 0 Å². The number of hydrogen-bond acceptors (Lipinski definition) is 4. The summed E-state index contributed by atoms with van der Waals surface area (Å²) in [5.41, 5.74) is 2.40. The molecule has 0 aliphatic rings. The summed E-state index contributed by atoms with van der Waals surface area (Å²) >= 11 is 0. The van der Waals surface area contributed by atoms with Crippen molar-refractivity contribution in [3.05, 3.63) is 95.1 Å². The summed E-state index contributed by atoms with van der Waals surface area (Å²) < 4.78 is 0. The van der Waals surface area contributed by atoms with E-state index in [-0.39, 0.29) is 0 Å². The van der Waals surface area contributed by atoms with Crippen LogP contribution in [0.3, 0.4) is 0 Å². The Balaban J connectivity index is 1.39. The Morgan fingerprint density at radius 2 is 1.00 bits per heavy atom. The minimum absolute atomic E-state index is 0.510. The van der Waals surface area contributed by atoms with E-state index in [1.807, 2.05) is 36.4 Å². The first-order chi connectivity index (χ1) is 12.3. The van der Waals surface area contributed by atoms with Crippen molar-refractivity contribution in [1.82, 2.24) is 30.4 Å². The van der Waals surface area contributed by atoms with Gasteiger partial charge in [-0.05, 0) is 11.1 Å². The molecule has 6 nitrogen and oxygen atoms in total. The molecule has 0 spiro atoms. The maximum atomic E-state index is 4.53. The zero-order valence-electron chi connectivity index (χ0n) is 13.7. The highest BCUT2D eigenvalue weighted by Crippen LogP contribution is 2.08. The van der Waals surface area contributed by atoms with E-state index < -0.39 is 0 Å². The van der Waals surface area contributed by atoms with Crippen LogP contribution in [0.1, 0.15) is 34.4 Å². The fourth-order valence-electron chi connectivity index (χ4n) is 2.71. The van der Waals surface area contributed by atoms with Crippen molar-refractivity contribution in [3.63, 3.8) is 0 Å². The average molecular weight is 330 g/mol. The van der Waals surface area contributed by atoms with Crippen LogP contribution in [-0.4, -0.2) is 30.4 Å². The molecule has 0 bridgehead atoms. The molecule has 0 radical (unpaired) electrons. The van der Waals surface area contributed by atoms with Crippen molar-refractivity contribution >= 4 is 0 Å². The maximum Gasteiger partial charge on any atom is 0.158 e. The van der Waals surface area contributed by atoms with Crippen LogP contribution in [0.4, 0.5) is 0 Å². The third-order valence-electron chi connectivity index (χ3n) is 3.90. The van der Waals surface area contributed by atoms with Crippen LogP contribution in [0, 0.1) is 0 Å². The highest BCUT2D eigenvalue weighted by molar-refractivity contribution is 5.20. The van der Waals surface area contributed by atoms with E-state index in [4.69, 9.17) is 0 Å². The smallest absolute Gasteiger partial charge is 0.158 e. The molecule has 0 aliphatic heterocycles. The molecule has 4 aromatic rings. The highest BCUT2D eigenvalue weighted by atomic mass is 15.2. The van der Waals surface area contributed by atoms with E-state index in [0.717, 1.165) is 24.5 Å². The third-order valence-corrected chi connectivity index (χ3v) is 3.90. The molecule has 4 rings (SSSR count). The zero-order valence-corrected chi connectivity index (χ0v) is 13.7. The van der Waals surface area contributed by atoms with E-state index in [2.05, 4.69) is 54.6 Å². The number of benzene rings is 2. The molecule has 2 N–H and O–H groups in total. The number of H-pyrrole nitrogens is 2. The number of aromatic nitrogens is 6. The molecule has 0 saturated carbocycles. The minimum atomic E-state index is 0.510. The van der Waals surface area contributed by atoms with Gasteiger partial charge in [0.25, 0.3) is 0 Å². The molecular formula is C19H18N6. The van der Waals surface area contributed by atoms with Crippen LogP contribution in [0.25, 0.3) is 0 Å². The van der Waals surface area contributed by atoms with Gasteiger partial charge in [0.15, 0.2) is 11.6 Å². The molecule has 0 amide bonds. The van der Waals surface area contributed by atoms with E-state index >= 15 is 0 Å². The number of nitrogens with one attached hydrogen (secondary N) is 2. The Bertz CT molecular complexity index is 849. The molecular weight excluding hydrogens is 312 g/mol. The summed E-state index contributed by atoms with van der Waals surface area (Å²) in [6, 6.07) is 20.4. The van der Waals surface area contributed by atoms with Gasteiger partial charge in [0.2, 0.25) is 0 Å². The summed E-state index contributed by atoms with van der Waals surface area (Å²) in [7, 11) is 0. The molecule has 0 saturated heterocycles. The second-order valence-corrected chi connectivity index (χ2v) is 5.90. The Kier molecular flexibility index (Phi) is 4.33. The maximum absolute atomic E-state index is 4.53. The van der Waals surface area contributed by atoms with Crippen LogP contribution in [0.5, 0.6) is 0 Å². The second kappa shape index (κ2) is 7.09. The van der Waals surface area contributed by atoms with Crippen molar-refractivity contribution in [1.29, 1.82) is 0 Å². The van der Waals surface area contributed by atoms with Crippen LogP contribution < -0.4 is 0 Å². The monoisotopic (exact) mass is 330 g/mol. The molecule has 2 aromatic heterocycles. The minimum Gasteiger partial charge on any atom is -0.263 e. The van der Waals surface area contributed by atoms with Gasteiger partial charge in [-0.15, -0.1) is 0 Å². The molecule has 0 unspecified atom stereocenters. The summed E-state index contributed by atoms with van der Waals surface area (Å²) in [4.78, 5) is 9.07. The van der Waals surface area contributed by atoms with Crippen LogP contribution >= 0.6 is 0 Å². The summed E-state index contributed by atoms with van der Waals surface area (Å²) in [6.07, 6.45) is 1.98. The van der Waals surface area contributed by atoms with Gasteiger partial charge in [0.1, 0.15) is 11.6 Å². The predicted octanol–water partition coefficient (Wildman–Crippen LogP) is 2.70. The van der Waals surface area contributed by atoms with Gasteiger partial charge in [0, 0.05) is 12.8 Å². The van der Waals surface area contributed by atoms with E-state index in [0.29, 0.717) is 18.1 Å². The molecule has 2 heterocycles. The van der Waals surface area contributed by atoms with Crippen LogP contribution in [0.2, 0.25) is 0 Å². The lowest BCUT2D eigenvalue weighted by atomic mass is 10.1. The SMILES string of the molecule is c1ccc(Cc2nc(Cc3n[nH]c(Cc4ccccc4)n3)n[nH]2)cc1. The van der Waals surface area contributed by atoms with Crippen molar-refractivity contribution in [3.8, 4) is 0 Å². The Hall–Kier alpha value is -3.28. The lowest BCUT2D eigenvalue weighted by Gasteiger charge is -1.96. The molecule has 124 valence electrons. The van der Waals surface area contributed by atoms with Gasteiger partial charge in [-0.1, -0.05) is 60.7 Å². The standard InChI is InChI=1S/C19H18N6/c1-3-7-14(8-4-1)11-16-20-18(24-22-16)13-19-21-17(23-25-19)12-15-9-5-2-6-10-15/h1-10H,11-13H2,(H,20,22,24)(H,21,23,25). The Labute approximate surface area is 145 Å². The quantitative estimate of drug-likeness (QED) is 0.569. The zero-order chi connectivity index (χ0) is 16.9. The highest BCUT2D eigenvalue weighted by Gasteiger charge is 2.09.